The Labute approximate surface area is 181 Å². The van der Waals surface area contributed by atoms with E-state index >= 15 is 0 Å². The van der Waals surface area contributed by atoms with Crippen LogP contribution in [0.5, 0.6) is 0 Å². The van der Waals surface area contributed by atoms with Crippen LogP contribution in [0.1, 0.15) is 40.8 Å². The number of halogens is 3. The Kier molecular flexibility index (Phi) is 5.00. The molecule has 2 aromatic carbocycles. The molecular weight excluding hydrogens is 421 g/mol. The van der Waals surface area contributed by atoms with Crippen LogP contribution in [0.4, 0.5) is 13.2 Å². The largest absolute Gasteiger partial charge is 0.451 e. The van der Waals surface area contributed by atoms with E-state index < -0.39 is 11.7 Å². The standard InChI is InChI=1S/C24H19F3N2O3/c25-24(26,27)17-5-3-4-16(14-17)19-8-9-21(31-19)23(30)29-12-10-15(11-13-29)22-28-18-6-1-2-7-20(18)32-22/h1-9,14-15H,10-13H2. The Morgan fingerprint density at radius 3 is 2.50 bits per heavy atom. The van der Waals surface area contributed by atoms with Crippen LogP contribution in [0.2, 0.25) is 0 Å². The van der Waals surface area contributed by atoms with Crippen LogP contribution < -0.4 is 0 Å². The lowest BCUT2D eigenvalue weighted by Crippen LogP contribution is -2.37. The summed E-state index contributed by atoms with van der Waals surface area (Å²) in [5.74, 6) is 0.865. The number of nitrogens with zero attached hydrogens (tertiary/aromatic N) is 2. The van der Waals surface area contributed by atoms with Crippen molar-refractivity contribution in [1.82, 2.24) is 9.88 Å². The van der Waals surface area contributed by atoms with Gasteiger partial charge in [-0.05, 0) is 49.2 Å². The minimum Gasteiger partial charge on any atom is -0.451 e. The lowest BCUT2D eigenvalue weighted by Gasteiger charge is -2.29. The number of amides is 1. The Morgan fingerprint density at radius 2 is 1.75 bits per heavy atom. The number of furan rings is 1. The number of carbonyl (C=O) groups is 1. The van der Waals surface area contributed by atoms with Crippen LogP contribution in [0, 0.1) is 0 Å². The highest BCUT2D eigenvalue weighted by Gasteiger charge is 2.31. The lowest BCUT2D eigenvalue weighted by atomic mass is 9.96. The molecule has 0 N–H and O–H groups in total. The summed E-state index contributed by atoms with van der Waals surface area (Å²) in [4.78, 5) is 19.1. The molecule has 1 saturated heterocycles. The fraction of sp³-hybridized carbons (Fsp3) is 0.250. The number of piperidine rings is 1. The van der Waals surface area contributed by atoms with Gasteiger partial charge in [-0.15, -0.1) is 0 Å². The lowest BCUT2D eigenvalue weighted by molar-refractivity contribution is -0.137. The molecule has 0 saturated carbocycles. The molecular formula is C24H19F3N2O3. The number of aromatic nitrogens is 1. The molecule has 2 aromatic heterocycles. The van der Waals surface area contributed by atoms with Gasteiger partial charge in [0.25, 0.3) is 5.91 Å². The smallest absolute Gasteiger partial charge is 0.416 e. The van der Waals surface area contributed by atoms with Gasteiger partial charge in [0.1, 0.15) is 11.3 Å². The van der Waals surface area contributed by atoms with Gasteiger partial charge < -0.3 is 13.7 Å². The number of para-hydroxylation sites is 2. The zero-order valence-electron chi connectivity index (χ0n) is 16.9. The van der Waals surface area contributed by atoms with Crippen molar-refractivity contribution >= 4 is 17.0 Å². The van der Waals surface area contributed by atoms with Crippen LogP contribution in [0.15, 0.2) is 69.5 Å². The maximum Gasteiger partial charge on any atom is 0.416 e. The molecule has 4 aromatic rings. The van der Waals surface area contributed by atoms with Crippen molar-refractivity contribution in [2.75, 3.05) is 13.1 Å². The van der Waals surface area contributed by atoms with Crippen molar-refractivity contribution in [3.63, 3.8) is 0 Å². The molecule has 0 spiro atoms. The number of oxazole rings is 1. The highest BCUT2D eigenvalue weighted by molar-refractivity contribution is 5.92. The highest BCUT2D eigenvalue weighted by atomic mass is 19.4. The van der Waals surface area contributed by atoms with Crippen molar-refractivity contribution in [3.05, 3.63) is 77.9 Å². The zero-order valence-corrected chi connectivity index (χ0v) is 16.9. The summed E-state index contributed by atoms with van der Waals surface area (Å²) in [5, 5.41) is 0. The first-order chi connectivity index (χ1) is 15.4. The maximum absolute atomic E-state index is 13.0. The highest BCUT2D eigenvalue weighted by Crippen LogP contribution is 2.34. The third kappa shape index (κ3) is 3.88. The van der Waals surface area contributed by atoms with Gasteiger partial charge in [-0.3, -0.25) is 4.79 Å². The molecule has 5 nitrogen and oxygen atoms in total. The van der Waals surface area contributed by atoms with E-state index in [1.165, 1.54) is 24.3 Å². The van der Waals surface area contributed by atoms with Crippen LogP contribution in [0.3, 0.4) is 0 Å². The SMILES string of the molecule is O=C(c1ccc(-c2cccc(C(F)(F)F)c2)o1)N1CCC(c2nc3ccccc3o2)CC1. The monoisotopic (exact) mass is 440 g/mol. The first kappa shape index (κ1) is 20.4. The number of hydrogen-bond acceptors (Lipinski definition) is 4. The van der Waals surface area contributed by atoms with E-state index in [1.54, 1.807) is 4.90 Å². The van der Waals surface area contributed by atoms with Gasteiger partial charge >= 0.3 is 6.18 Å². The molecule has 0 aliphatic carbocycles. The topological polar surface area (TPSA) is 59.5 Å². The number of hydrogen-bond donors (Lipinski definition) is 0. The quantitative estimate of drug-likeness (QED) is 0.385. The van der Waals surface area contributed by atoms with Crippen molar-refractivity contribution in [3.8, 4) is 11.3 Å². The number of rotatable bonds is 3. The summed E-state index contributed by atoms with van der Waals surface area (Å²) < 4.78 is 50.4. The number of alkyl halides is 3. The van der Waals surface area contributed by atoms with E-state index in [0.29, 0.717) is 31.8 Å². The van der Waals surface area contributed by atoms with Gasteiger partial charge in [-0.25, -0.2) is 4.98 Å². The summed E-state index contributed by atoms with van der Waals surface area (Å²) in [7, 11) is 0. The van der Waals surface area contributed by atoms with Crippen LogP contribution in [0.25, 0.3) is 22.4 Å². The second-order valence-electron chi connectivity index (χ2n) is 7.83. The molecule has 32 heavy (non-hydrogen) atoms. The van der Waals surface area contributed by atoms with Crippen LogP contribution in [-0.2, 0) is 6.18 Å². The van der Waals surface area contributed by atoms with Gasteiger partial charge in [0.2, 0.25) is 0 Å². The van der Waals surface area contributed by atoms with Crippen molar-refractivity contribution in [1.29, 1.82) is 0 Å². The van der Waals surface area contributed by atoms with Crippen molar-refractivity contribution < 1.29 is 26.8 Å². The summed E-state index contributed by atoms with van der Waals surface area (Å²) in [6.07, 6.45) is -3.03. The molecule has 1 aliphatic rings. The molecule has 1 fully saturated rings. The van der Waals surface area contributed by atoms with E-state index in [9.17, 15) is 18.0 Å². The Balaban J connectivity index is 1.27. The second-order valence-corrected chi connectivity index (χ2v) is 7.83. The Hall–Kier alpha value is -3.55. The van der Waals surface area contributed by atoms with E-state index in [-0.39, 0.29) is 28.9 Å². The third-order valence-electron chi connectivity index (χ3n) is 5.73. The normalized spacial score (nSPS) is 15.4. The van der Waals surface area contributed by atoms with E-state index in [2.05, 4.69) is 4.98 Å². The summed E-state index contributed by atoms with van der Waals surface area (Å²) in [6.45, 7) is 1.03. The van der Waals surface area contributed by atoms with E-state index in [0.717, 1.165) is 23.2 Å². The van der Waals surface area contributed by atoms with Gasteiger partial charge in [0.05, 0.1) is 5.56 Å². The summed E-state index contributed by atoms with van der Waals surface area (Å²) in [6, 6.07) is 15.5. The first-order valence-corrected chi connectivity index (χ1v) is 10.3. The minimum atomic E-state index is -4.44. The second kappa shape index (κ2) is 7.85. The number of fused-ring (bicyclic) bond motifs is 1. The molecule has 0 bridgehead atoms. The molecule has 3 heterocycles. The number of benzene rings is 2. The third-order valence-corrected chi connectivity index (χ3v) is 5.73. The van der Waals surface area contributed by atoms with Gasteiger partial charge in [0, 0.05) is 24.6 Å². The van der Waals surface area contributed by atoms with Gasteiger partial charge in [0.15, 0.2) is 17.2 Å². The van der Waals surface area contributed by atoms with Gasteiger partial charge in [-0.2, -0.15) is 13.2 Å². The van der Waals surface area contributed by atoms with Crippen LogP contribution in [-0.4, -0.2) is 28.9 Å². The van der Waals surface area contributed by atoms with Crippen molar-refractivity contribution in [2.45, 2.75) is 24.9 Å². The molecule has 5 rings (SSSR count). The predicted octanol–water partition coefficient (Wildman–Crippen LogP) is 6.13. The van der Waals surface area contributed by atoms with E-state index in [1.807, 2.05) is 24.3 Å². The minimum absolute atomic E-state index is 0.109. The fourth-order valence-corrected chi connectivity index (χ4v) is 4.01. The molecule has 1 amide bonds. The molecule has 164 valence electrons. The number of likely N-dealkylation sites (tertiary alicyclic amines) is 1. The Morgan fingerprint density at radius 1 is 0.969 bits per heavy atom. The molecule has 1 aliphatic heterocycles. The van der Waals surface area contributed by atoms with Crippen LogP contribution >= 0.6 is 0 Å². The first-order valence-electron chi connectivity index (χ1n) is 10.3. The average Bonchev–Trinajstić information content (AvgIpc) is 3.46. The molecule has 0 atom stereocenters. The van der Waals surface area contributed by atoms with Gasteiger partial charge in [-0.1, -0.05) is 24.3 Å². The number of carbonyl (C=O) groups excluding carboxylic acids is 1. The van der Waals surface area contributed by atoms with E-state index in [4.69, 9.17) is 8.83 Å². The predicted molar refractivity (Wildman–Crippen MR) is 111 cm³/mol. The average molecular weight is 440 g/mol. The Bertz CT molecular complexity index is 1230. The molecule has 0 unspecified atom stereocenters. The van der Waals surface area contributed by atoms with Crippen molar-refractivity contribution in [2.24, 2.45) is 0 Å². The molecule has 8 heteroatoms. The summed E-state index contributed by atoms with van der Waals surface area (Å²) >= 11 is 0. The molecule has 0 radical (unpaired) electrons. The summed E-state index contributed by atoms with van der Waals surface area (Å²) in [5.41, 5.74) is 1.08. The zero-order chi connectivity index (χ0) is 22.3. The maximum atomic E-state index is 13.0. The fourth-order valence-electron chi connectivity index (χ4n) is 4.01.